The van der Waals surface area contributed by atoms with Crippen molar-refractivity contribution in [2.75, 3.05) is 0 Å². The Hall–Kier alpha value is -1.13. The van der Waals surface area contributed by atoms with E-state index in [1.54, 1.807) is 11.3 Å². The maximum atomic E-state index is 6.25. The smallest absolute Gasteiger partial charge is 0.0677 e. The zero-order chi connectivity index (χ0) is 12.3. The summed E-state index contributed by atoms with van der Waals surface area (Å²) in [6.45, 7) is 5.27. The first-order valence-corrected chi connectivity index (χ1v) is 6.92. The van der Waals surface area contributed by atoms with E-state index in [2.05, 4.69) is 37.3 Å². The molecule has 2 N–H and O–H groups in total. The molecule has 0 spiro atoms. The van der Waals surface area contributed by atoms with E-state index in [0.29, 0.717) is 0 Å². The van der Waals surface area contributed by atoms with E-state index in [-0.39, 0.29) is 6.04 Å². The maximum absolute atomic E-state index is 6.25. The molecule has 1 atom stereocenters. The molecule has 0 aromatic carbocycles. The Morgan fingerprint density at radius 2 is 2.24 bits per heavy atom. The molecule has 0 aliphatic heterocycles. The summed E-state index contributed by atoms with van der Waals surface area (Å²) in [6, 6.07) is 4.26. The van der Waals surface area contributed by atoms with Crippen molar-refractivity contribution in [3.05, 3.63) is 39.8 Å². The molecule has 0 radical (unpaired) electrons. The van der Waals surface area contributed by atoms with Crippen LogP contribution in [0.3, 0.4) is 0 Å². The third kappa shape index (κ3) is 2.76. The van der Waals surface area contributed by atoms with Crippen LogP contribution in [0.15, 0.2) is 24.5 Å². The molecule has 0 saturated heterocycles. The van der Waals surface area contributed by atoms with Crippen LogP contribution in [-0.2, 0) is 13.0 Å². The number of hydrogen-bond acceptors (Lipinski definition) is 3. The Morgan fingerprint density at radius 1 is 1.41 bits per heavy atom. The summed E-state index contributed by atoms with van der Waals surface area (Å²) in [6.07, 6.45) is 6.10. The molecule has 17 heavy (non-hydrogen) atoms. The van der Waals surface area contributed by atoms with Crippen LogP contribution in [0, 0.1) is 0 Å². The normalized spacial score (nSPS) is 12.9. The molecule has 4 heteroatoms. The first-order chi connectivity index (χ1) is 8.24. The Bertz CT molecular complexity index is 472. The highest BCUT2D eigenvalue weighted by Gasteiger charge is 2.13. The Balaban J connectivity index is 2.14. The number of nitrogens with two attached hydrogens (primary N) is 1. The first-order valence-electron chi connectivity index (χ1n) is 6.11. The molecule has 0 aliphatic rings. The molecule has 2 heterocycles. The van der Waals surface area contributed by atoms with Gasteiger partial charge in [0, 0.05) is 28.1 Å². The van der Waals surface area contributed by atoms with E-state index >= 15 is 0 Å². The van der Waals surface area contributed by atoms with Gasteiger partial charge in [-0.1, -0.05) is 13.8 Å². The van der Waals surface area contributed by atoms with Gasteiger partial charge in [-0.3, -0.25) is 4.68 Å². The fraction of sp³-hybridized carbons (Fsp3) is 0.462. The lowest BCUT2D eigenvalue weighted by molar-refractivity contribution is 0.602. The van der Waals surface area contributed by atoms with Crippen molar-refractivity contribution >= 4 is 11.3 Å². The van der Waals surface area contributed by atoms with Crippen LogP contribution in [0.1, 0.15) is 41.6 Å². The molecule has 2 aromatic heterocycles. The molecular weight excluding hydrogens is 230 g/mol. The molecule has 0 fully saturated rings. The van der Waals surface area contributed by atoms with Gasteiger partial charge >= 0.3 is 0 Å². The third-order valence-corrected chi connectivity index (χ3v) is 4.12. The largest absolute Gasteiger partial charge is 0.320 e. The molecule has 0 amide bonds. The predicted octanol–water partition coefficient (Wildman–Crippen LogP) is 2.97. The van der Waals surface area contributed by atoms with E-state index in [1.165, 1.54) is 9.75 Å². The van der Waals surface area contributed by atoms with Crippen molar-refractivity contribution in [2.24, 2.45) is 5.73 Å². The molecule has 0 bridgehead atoms. The van der Waals surface area contributed by atoms with Crippen LogP contribution in [0.5, 0.6) is 0 Å². The second-order valence-electron chi connectivity index (χ2n) is 4.17. The molecule has 0 saturated carbocycles. The van der Waals surface area contributed by atoms with Crippen LogP contribution in [0.4, 0.5) is 0 Å². The van der Waals surface area contributed by atoms with Gasteiger partial charge in [0.1, 0.15) is 0 Å². The summed E-state index contributed by atoms with van der Waals surface area (Å²) in [4.78, 5) is 2.61. The highest BCUT2D eigenvalue weighted by molar-refractivity contribution is 7.12. The first kappa shape index (κ1) is 12.3. The highest BCUT2D eigenvalue weighted by atomic mass is 32.1. The number of thiophene rings is 1. The topological polar surface area (TPSA) is 43.8 Å². The second kappa shape index (κ2) is 5.47. The number of nitrogens with zero attached hydrogens (tertiary/aromatic N) is 2. The minimum atomic E-state index is -0.0362. The van der Waals surface area contributed by atoms with Crippen LogP contribution < -0.4 is 5.73 Å². The molecule has 2 rings (SSSR count). The van der Waals surface area contributed by atoms with E-state index in [4.69, 9.17) is 5.73 Å². The number of rotatable bonds is 5. The fourth-order valence-electron chi connectivity index (χ4n) is 1.81. The standard InChI is InChI=1S/C13H19N3S/c1-3-7-16-9-10(8-15-16)13(14)12-6-5-11(4-2)17-12/h5-6,8-9,13H,3-4,7,14H2,1-2H3. The minimum absolute atomic E-state index is 0.0362. The lowest BCUT2D eigenvalue weighted by atomic mass is 10.1. The Morgan fingerprint density at radius 3 is 2.88 bits per heavy atom. The van der Waals surface area contributed by atoms with Gasteiger partial charge in [0.05, 0.1) is 12.2 Å². The highest BCUT2D eigenvalue weighted by Crippen LogP contribution is 2.26. The van der Waals surface area contributed by atoms with Gasteiger partial charge in [0.15, 0.2) is 0 Å². The minimum Gasteiger partial charge on any atom is -0.320 e. The summed E-state index contributed by atoms with van der Waals surface area (Å²) in [5, 5.41) is 4.32. The summed E-state index contributed by atoms with van der Waals surface area (Å²) in [5.41, 5.74) is 7.35. The van der Waals surface area contributed by atoms with Gasteiger partial charge in [-0.25, -0.2) is 0 Å². The summed E-state index contributed by atoms with van der Waals surface area (Å²) < 4.78 is 1.96. The molecule has 3 nitrogen and oxygen atoms in total. The Kier molecular flexibility index (Phi) is 3.97. The second-order valence-corrected chi connectivity index (χ2v) is 5.37. The lowest BCUT2D eigenvalue weighted by Crippen LogP contribution is -2.09. The number of aryl methyl sites for hydroxylation is 2. The Labute approximate surface area is 106 Å². The molecule has 2 aromatic rings. The van der Waals surface area contributed by atoms with Crippen molar-refractivity contribution in [1.29, 1.82) is 0 Å². The van der Waals surface area contributed by atoms with Gasteiger partial charge in [-0.15, -0.1) is 11.3 Å². The maximum Gasteiger partial charge on any atom is 0.0677 e. The van der Waals surface area contributed by atoms with Crippen LogP contribution in [0.25, 0.3) is 0 Å². The van der Waals surface area contributed by atoms with E-state index in [1.807, 2.05) is 10.9 Å². The van der Waals surface area contributed by atoms with E-state index in [0.717, 1.165) is 24.9 Å². The predicted molar refractivity (Wildman–Crippen MR) is 72.2 cm³/mol. The zero-order valence-electron chi connectivity index (χ0n) is 10.4. The van der Waals surface area contributed by atoms with Gasteiger partial charge < -0.3 is 5.73 Å². The van der Waals surface area contributed by atoms with Gasteiger partial charge in [-0.05, 0) is 25.0 Å². The van der Waals surface area contributed by atoms with Crippen LogP contribution in [-0.4, -0.2) is 9.78 Å². The van der Waals surface area contributed by atoms with E-state index in [9.17, 15) is 0 Å². The SMILES string of the molecule is CCCn1cc(C(N)c2ccc(CC)s2)cn1. The van der Waals surface area contributed by atoms with Crippen molar-refractivity contribution in [2.45, 2.75) is 39.3 Å². The van der Waals surface area contributed by atoms with Crippen molar-refractivity contribution < 1.29 is 0 Å². The van der Waals surface area contributed by atoms with Crippen LogP contribution >= 0.6 is 11.3 Å². The average molecular weight is 249 g/mol. The molecule has 92 valence electrons. The van der Waals surface area contributed by atoms with E-state index < -0.39 is 0 Å². The van der Waals surface area contributed by atoms with Crippen molar-refractivity contribution in [3.8, 4) is 0 Å². The molecular formula is C13H19N3S. The molecule has 1 unspecified atom stereocenters. The third-order valence-electron chi connectivity index (χ3n) is 2.80. The van der Waals surface area contributed by atoms with Gasteiger partial charge in [0.25, 0.3) is 0 Å². The number of aromatic nitrogens is 2. The quantitative estimate of drug-likeness (QED) is 0.885. The van der Waals surface area contributed by atoms with Crippen molar-refractivity contribution in [1.82, 2.24) is 9.78 Å². The monoisotopic (exact) mass is 249 g/mol. The number of hydrogen-bond donors (Lipinski definition) is 1. The summed E-state index contributed by atoms with van der Waals surface area (Å²) in [7, 11) is 0. The zero-order valence-corrected chi connectivity index (χ0v) is 11.2. The van der Waals surface area contributed by atoms with Gasteiger partial charge in [0.2, 0.25) is 0 Å². The van der Waals surface area contributed by atoms with Crippen LogP contribution in [0.2, 0.25) is 0 Å². The fourth-order valence-corrected chi connectivity index (χ4v) is 2.79. The molecule has 0 aliphatic carbocycles. The summed E-state index contributed by atoms with van der Waals surface area (Å²) >= 11 is 1.80. The average Bonchev–Trinajstić information content (AvgIpc) is 2.97. The van der Waals surface area contributed by atoms with Gasteiger partial charge in [-0.2, -0.15) is 5.10 Å². The van der Waals surface area contributed by atoms with Crippen molar-refractivity contribution in [3.63, 3.8) is 0 Å². The lowest BCUT2D eigenvalue weighted by Gasteiger charge is -2.06. The summed E-state index contributed by atoms with van der Waals surface area (Å²) in [5.74, 6) is 0.